The molecule has 2 aliphatic carbocycles. The molecule has 0 amide bonds. The highest BCUT2D eigenvalue weighted by Crippen LogP contribution is 2.61. The van der Waals surface area contributed by atoms with Gasteiger partial charge < -0.3 is 14.6 Å². The zero-order chi connectivity index (χ0) is 31.7. The van der Waals surface area contributed by atoms with Gasteiger partial charge in [-0.1, -0.05) is 57.9 Å². The maximum absolute atomic E-state index is 14.5. The minimum Gasteiger partial charge on any atom is -0.414 e. The Hall–Kier alpha value is -0.993. The van der Waals surface area contributed by atoms with Gasteiger partial charge in [-0.2, -0.15) is 0 Å². The van der Waals surface area contributed by atoms with Crippen LogP contribution in [0, 0.1) is 23.2 Å². The Morgan fingerprint density at radius 1 is 1.12 bits per heavy atom. The van der Waals surface area contributed by atoms with Gasteiger partial charge >= 0.3 is 0 Å². The number of sulfone groups is 1. The van der Waals surface area contributed by atoms with Crippen LogP contribution in [-0.2, 0) is 14.3 Å². The molecule has 240 valence electrons. The quantitative estimate of drug-likeness (QED) is 0.171. The molecule has 4 unspecified atom stereocenters. The average Bonchev–Trinajstić information content (AvgIpc) is 3.22. The Balaban J connectivity index is 2.07. The summed E-state index contributed by atoms with van der Waals surface area (Å²) in [5.74, 6) is 0.442. The predicted molar refractivity (Wildman–Crippen MR) is 177 cm³/mol. The van der Waals surface area contributed by atoms with Gasteiger partial charge in [0.2, 0.25) is 0 Å². The van der Waals surface area contributed by atoms with E-state index >= 15 is 0 Å². The first-order valence-electron chi connectivity index (χ1n) is 16.2. The third kappa shape index (κ3) is 7.80. The Bertz CT molecular complexity index is 1150. The second-order valence-corrected chi connectivity index (χ2v) is 22.8. The summed E-state index contributed by atoms with van der Waals surface area (Å²) >= 11 is 0. The standard InChI is InChI=1S/C35H60O5SSi/c1-25(2)16-14-19-27(31(24-32(36)34(6,7)37)41(38,39)26-17-12-11-13-18-26)28-21-22-29-30(20-15-23-35(28,29)8)40-42(9,10)33(3,4)5/h11-13,17-18,27-32,36-37H,1,14-16,19-24H2,2-10H3/t27-,28?,29?,30+,31?,32?,35-/m1/s1. The topological polar surface area (TPSA) is 83.8 Å². The molecule has 1 aromatic rings. The highest BCUT2D eigenvalue weighted by molar-refractivity contribution is 7.92. The largest absolute Gasteiger partial charge is 0.414 e. The maximum atomic E-state index is 14.5. The summed E-state index contributed by atoms with van der Waals surface area (Å²) in [6.07, 6.45) is 6.78. The first-order chi connectivity index (χ1) is 19.2. The van der Waals surface area contributed by atoms with Crippen molar-refractivity contribution in [2.24, 2.45) is 23.2 Å². The first kappa shape index (κ1) is 35.5. The average molecular weight is 621 g/mol. The van der Waals surface area contributed by atoms with Crippen LogP contribution in [0.3, 0.4) is 0 Å². The highest BCUT2D eigenvalue weighted by Gasteiger charge is 2.57. The van der Waals surface area contributed by atoms with E-state index < -0.39 is 35.1 Å². The van der Waals surface area contributed by atoms with Crippen molar-refractivity contribution in [1.82, 2.24) is 0 Å². The minimum absolute atomic E-state index is 0.0135. The number of allylic oxidation sites excluding steroid dienone is 1. The van der Waals surface area contributed by atoms with E-state index in [2.05, 4.69) is 47.4 Å². The number of rotatable bonds is 13. The van der Waals surface area contributed by atoms with Crippen molar-refractivity contribution in [2.45, 2.75) is 152 Å². The van der Waals surface area contributed by atoms with E-state index in [1.165, 1.54) is 0 Å². The molecule has 2 saturated carbocycles. The van der Waals surface area contributed by atoms with Crippen LogP contribution < -0.4 is 0 Å². The molecular formula is C35H60O5SSi. The van der Waals surface area contributed by atoms with Crippen molar-refractivity contribution in [3.8, 4) is 0 Å². The van der Waals surface area contributed by atoms with Gasteiger partial charge in [0.15, 0.2) is 18.2 Å². The predicted octanol–water partition coefficient (Wildman–Crippen LogP) is 8.32. The fraction of sp³-hybridized carbons (Fsp3) is 0.771. The molecule has 0 radical (unpaired) electrons. The van der Waals surface area contributed by atoms with Crippen molar-refractivity contribution in [3.05, 3.63) is 42.5 Å². The summed E-state index contributed by atoms with van der Waals surface area (Å²) in [7, 11) is -5.76. The third-order valence-electron chi connectivity index (χ3n) is 11.3. The van der Waals surface area contributed by atoms with Crippen LogP contribution in [0.1, 0.15) is 106 Å². The van der Waals surface area contributed by atoms with Crippen molar-refractivity contribution < 1.29 is 23.1 Å². The van der Waals surface area contributed by atoms with Crippen LogP contribution in [0.15, 0.2) is 47.4 Å². The fourth-order valence-electron chi connectivity index (χ4n) is 7.67. The van der Waals surface area contributed by atoms with E-state index in [0.717, 1.165) is 56.9 Å². The fourth-order valence-corrected chi connectivity index (χ4v) is 11.2. The smallest absolute Gasteiger partial charge is 0.192 e. The van der Waals surface area contributed by atoms with Gasteiger partial charge in [-0.25, -0.2) is 8.42 Å². The Morgan fingerprint density at radius 2 is 1.74 bits per heavy atom. The zero-order valence-corrected chi connectivity index (χ0v) is 29.8. The molecule has 5 nitrogen and oxygen atoms in total. The Labute approximate surface area is 258 Å². The van der Waals surface area contributed by atoms with Gasteiger partial charge in [0, 0.05) is 6.10 Å². The number of benzene rings is 1. The molecule has 0 heterocycles. The first-order valence-corrected chi connectivity index (χ1v) is 20.7. The van der Waals surface area contributed by atoms with Crippen molar-refractivity contribution in [3.63, 3.8) is 0 Å². The molecule has 1 aromatic carbocycles. The number of aliphatic hydroxyl groups excluding tert-OH is 1. The lowest BCUT2D eigenvalue weighted by atomic mass is 9.60. The van der Waals surface area contributed by atoms with Crippen LogP contribution in [0.5, 0.6) is 0 Å². The Morgan fingerprint density at radius 3 is 2.29 bits per heavy atom. The lowest BCUT2D eigenvalue weighted by molar-refractivity contribution is -0.0581. The number of hydrogen-bond acceptors (Lipinski definition) is 5. The number of fused-ring (bicyclic) bond motifs is 1. The van der Waals surface area contributed by atoms with Gasteiger partial charge in [-0.15, -0.1) is 6.58 Å². The zero-order valence-electron chi connectivity index (χ0n) is 27.9. The van der Waals surface area contributed by atoms with Gasteiger partial charge in [0.25, 0.3) is 0 Å². The number of aliphatic hydroxyl groups is 2. The summed E-state index contributed by atoms with van der Waals surface area (Å²) in [5.41, 5.74) is -0.339. The highest BCUT2D eigenvalue weighted by atomic mass is 32.2. The summed E-state index contributed by atoms with van der Waals surface area (Å²) in [5, 5.41) is 21.2. The molecule has 2 fully saturated rings. The van der Waals surface area contributed by atoms with E-state index in [-0.39, 0.29) is 34.8 Å². The summed E-state index contributed by atoms with van der Waals surface area (Å²) in [4.78, 5) is 0.297. The maximum Gasteiger partial charge on any atom is 0.192 e. The van der Waals surface area contributed by atoms with Crippen LogP contribution in [0.4, 0.5) is 0 Å². The van der Waals surface area contributed by atoms with Gasteiger partial charge in [0.1, 0.15) is 0 Å². The molecule has 0 saturated heterocycles. The van der Waals surface area contributed by atoms with Crippen LogP contribution in [0.25, 0.3) is 0 Å². The van der Waals surface area contributed by atoms with E-state index in [0.29, 0.717) is 10.8 Å². The number of hydrogen-bond donors (Lipinski definition) is 2. The van der Waals surface area contributed by atoms with Gasteiger partial charge in [-0.05, 0) is 126 Å². The van der Waals surface area contributed by atoms with E-state index in [4.69, 9.17) is 4.43 Å². The molecule has 2 aliphatic rings. The van der Waals surface area contributed by atoms with E-state index in [9.17, 15) is 18.6 Å². The van der Waals surface area contributed by atoms with Gasteiger partial charge in [0.05, 0.1) is 21.9 Å². The molecule has 3 rings (SSSR count). The second kappa shape index (κ2) is 13.2. The minimum atomic E-state index is -3.79. The van der Waals surface area contributed by atoms with Crippen LogP contribution in [0.2, 0.25) is 18.1 Å². The third-order valence-corrected chi connectivity index (χ3v) is 18.0. The SMILES string of the molecule is C=C(C)CCC[C@H](C1CCC2[C@@H](O[Si](C)(C)C(C)(C)C)CCC[C@]12C)C(CC(O)C(C)(C)O)S(=O)(=O)c1ccccc1. The molecule has 7 atom stereocenters. The molecule has 0 aromatic heterocycles. The summed E-state index contributed by atoms with van der Waals surface area (Å²) in [6, 6.07) is 8.71. The van der Waals surface area contributed by atoms with E-state index in [1.807, 2.05) is 13.0 Å². The Kier molecular flexibility index (Phi) is 11.1. The monoisotopic (exact) mass is 620 g/mol. The summed E-state index contributed by atoms with van der Waals surface area (Å²) in [6.45, 7) is 23.2. The van der Waals surface area contributed by atoms with Crippen LogP contribution in [-0.4, -0.2) is 50.0 Å². The molecule has 42 heavy (non-hydrogen) atoms. The molecule has 2 N–H and O–H groups in total. The molecule has 7 heteroatoms. The molecular weight excluding hydrogens is 561 g/mol. The van der Waals surface area contributed by atoms with Crippen LogP contribution >= 0.6 is 0 Å². The van der Waals surface area contributed by atoms with Crippen molar-refractivity contribution >= 4 is 18.2 Å². The lowest BCUT2D eigenvalue weighted by Crippen LogP contribution is -2.51. The molecule has 0 spiro atoms. The van der Waals surface area contributed by atoms with Gasteiger partial charge in [-0.3, -0.25) is 0 Å². The lowest BCUT2D eigenvalue weighted by Gasteiger charge is -2.51. The summed E-state index contributed by atoms with van der Waals surface area (Å²) < 4.78 is 36.1. The molecule has 0 aliphatic heterocycles. The normalized spacial score (nSPS) is 27.7. The van der Waals surface area contributed by atoms with Crippen molar-refractivity contribution in [1.29, 1.82) is 0 Å². The van der Waals surface area contributed by atoms with E-state index in [1.54, 1.807) is 38.1 Å². The van der Waals surface area contributed by atoms with Crippen molar-refractivity contribution in [2.75, 3.05) is 0 Å². The second-order valence-electron chi connectivity index (χ2n) is 15.9. The molecule has 0 bridgehead atoms.